The summed E-state index contributed by atoms with van der Waals surface area (Å²) in [6.45, 7) is 3.18. The van der Waals surface area contributed by atoms with Gasteiger partial charge in [-0.25, -0.2) is 4.79 Å². The van der Waals surface area contributed by atoms with E-state index in [4.69, 9.17) is 9.84 Å². The number of carboxylic acid groups (broad SMARTS) is 1. The zero-order chi connectivity index (χ0) is 11.4. The second-order valence-corrected chi connectivity index (χ2v) is 3.21. The fraction of sp³-hybridized carbons (Fsp3) is 0.273. The lowest BCUT2D eigenvalue weighted by atomic mass is 10.1. The molecule has 0 bridgehead atoms. The average molecular weight is 208 g/mol. The monoisotopic (exact) mass is 208 g/mol. The maximum Gasteiger partial charge on any atom is 0.344 e. The predicted octanol–water partition coefficient (Wildman–Crippen LogP) is 1.66. The molecule has 0 fully saturated rings. The lowest BCUT2D eigenvalue weighted by Gasteiger charge is -2.14. The van der Waals surface area contributed by atoms with Gasteiger partial charge in [0.2, 0.25) is 0 Å². The number of rotatable bonds is 4. The molecule has 1 N–H and O–H groups in total. The number of ether oxygens (including phenoxy) is 1. The van der Waals surface area contributed by atoms with Gasteiger partial charge in [0.15, 0.2) is 12.4 Å². The van der Waals surface area contributed by atoms with E-state index < -0.39 is 12.1 Å². The number of para-hydroxylation sites is 1. The van der Waals surface area contributed by atoms with E-state index in [0.717, 1.165) is 5.56 Å². The molecule has 1 atom stereocenters. The highest BCUT2D eigenvalue weighted by Gasteiger charge is 2.15. The van der Waals surface area contributed by atoms with Gasteiger partial charge in [0, 0.05) is 0 Å². The van der Waals surface area contributed by atoms with Gasteiger partial charge in [0.25, 0.3) is 0 Å². The van der Waals surface area contributed by atoms with Gasteiger partial charge >= 0.3 is 5.97 Å². The SMILES string of the molecule is Cc1cccc(C=O)c1O[C@H](C)C(=O)O. The molecule has 0 aliphatic heterocycles. The predicted molar refractivity (Wildman–Crippen MR) is 54.3 cm³/mol. The van der Waals surface area contributed by atoms with E-state index in [1.54, 1.807) is 25.1 Å². The summed E-state index contributed by atoms with van der Waals surface area (Å²) in [7, 11) is 0. The van der Waals surface area contributed by atoms with Crippen LogP contribution >= 0.6 is 0 Å². The Labute approximate surface area is 87.5 Å². The number of hydrogen-bond acceptors (Lipinski definition) is 3. The van der Waals surface area contributed by atoms with Crippen LogP contribution in [-0.4, -0.2) is 23.5 Å². The highest BCUT2D eigenvalue weighted by molar-refractivity contribution is 5.81. The normalized spacial score (nSPS) is 11.9. The van der Waals surface area contributed by atoms with Gasteiger partial charge in [-0.1, -0.05) is 12.1 Å². The maximum absolute atomic E-state index is 10.7. The minimum absolute atomic E-state index is 0.336. The number of aldehydes is 1. The van der Waals surface area contributed by atoms with Gasteiger partial charge in [-0.2, -0.15) is 0 Å². The van der Waals surface area contributed by atoms with Gasteiger partial charge in [0.05, 0.1) is 5.56 Å². The number of carboxylic acids is 1. The fourth-order valence-corrected chi connectivity index (χ4v) is 1.16. The molecule has 0 amide bonds. The standard InChI is InChI=1S/C11H12O4/c1-7-4-3-5-9(6-12)10(7)15-8(2)11(13)14/h3-6,8H,1-2H3,(H,13,14)/t8-/m1/s1. The lowest BCUT2D eigenvalue weighted by molar-refractivity contribution is -0.144. The molecule has 0 saturated heterocycles. The van der Waals surface area contributed by atoms with Crippen molar-refractivity contribution in [3.63, 3.8) is 0 Å². The summed E-state index contributed by atoms with van der Waals surface area (Å²) in [5.74, 6) is -0.725. The smallest absolute Gasteiger partial charge is 0.344 e. The van der Waals surface area contributed by atoms with E-state index in [0.29, 0.717) is 17.6 Å². The molecule has 0 saturated carbocycles. The van der Waals surface area contributed by atoms with Crippen LogP contribution < -0.4 is 4.74 Å². The second-order valence-electron chi connectivity index (χ2n) is 3.21. The third kappa shape index (κ3) is 2.56. The van der Waals surface area contributed by atoms with Crippen LogP contribution in [0.3, 0.4) is 0 Å². The maximum atomic E-state index is 10.7. The van der Waals surface area contributed by atoms with Crippen molar-refractivity contribution in [1.29, 1.82) is 0 Å². The summed E-state index contributed by atoms with van der Waals surface area (Å²) < 4.78 is 5.20. The van der Waals surface area contributed by atoms with Gasteiger partial charge in [-0.15, -0.1) is 0 Å². The van der Waals surface area contributed by atoms with Gasteiger partial charge in [-0.3, -0.25) is 4.79 Å². The summed E-state index contributed by atoms with van der Waals surface area (Å²) in [6.07, 6.45) is -0.318. The van der Waals surface area contributed by atoms with Crippen LogP contribution in [0, 0.1) is 6.92 Å². The number of hydrogen-bond donors (Lipinski definition) is 1. The fourth-order valence-electron chi connectivity index (χ4n) is 1.16. The van der Waals surface area contributed by atoms with Gasteiger partial charge in [0.1, 0.15) is 5.75 Å². The Morgan fingerprint density at radius 2 is 2.20 bits per heavy atom. The summed E-state index contributed by atoms with van der Waals surface area (Å²) >= 11 is 0. The molecule has 15 heavy (non-hydrogen) atoms. The minimum Gasteiger partial charge on any atom is -0.479 e. The zero-order valence-electron chi connectivity index (χ0n) is 8.56. The number of benzene rings is 1. The number of carbonyl (C=O) groups is 2. The number of aliphatic carboxylic acids is 1. The summed E-state index contributed by atoms with van der Waals surface area (Å²) in [6, 6.07) is 5.07. The third-order valence-corrected chi connectivity index (χ3v) is 2.01. The van der Waals surface area contributed by atoms with E-state index in [1.807, 2.05) is 0 Å². The van der Waals surface area contributed by atoms with E-state index in [-0.39, 0.29) is 0 Å². The average Bonchev–Trinajstić information content (AvgIpc) is 2.20. The molecular weight excluding hydrogens is 196 g/mol. The van der Waals surface area contributed by atoms with Crippen LogP contribution in [0.25, 0.3) is 0 Å². The van der Waals surface area contributed by atoms with Crippen molar-refractivity contribution in [2.24, 2.45) is 0 Å². The summed E-state index contributed by atoms with van der Waals surface area (Å²) in [5, 5.41) is 8.68. The van der Waals surface area contributed by atoms with E-state index >= 15 is 0 Å². The van der Waals surface area contributed by atoms with Crippen molar-refractivity contribution in [2.75, 3.05) is 0 Å². The van der Waals surface area contributed by atoms with Crippen LogP contribution in [0.2, 0.25) is 0 Å². The van der Waals surface area contributed by atoms with E-state index in [9.17, 15) is 9.59 Å². The van der Waals surface area contributed by atoms with E-state index in [2.05, 4.69) is 0 Å². The Hall–Kier alpha value is -1.84. The molecule has 80 valence electrons. The molecule has 0 aromatic heterocycles. The van der Waals surface area contributed by atoms with Crippen molar-refractivity contribution in [2.45, 2.75) is 20.0 Å². The van der Waals surface area contributed by atoms with Crippen molar-refractivity contribution in [1.82, 2.24) is 0 Å². The molecule has 0 radical (unpaired) electrons. The van der Waals surface area contributed by atoms with Crippen LogP contribution in [-0.2, 0) is 4.79 Å². The molecule has 1 aromatic carbocycles. The topological polar surface area (TPSA) is 63.6 Å². The van der Waals surface area contributed by atoms with Gasteiger partial charge < -0.3 is 9.84 Å². The Balaban J connectivity index is 3.02. The highest BCUT2D eigenvalue weighted by Crippen LogP contribution is 2.22. The quantitative estimate of drug-likeness (QED) is 0.764. The molecule has 0 heterocycles. The largest absolute Gasteiger partial charge is 0.479 e. The number of carbonyl (C=O) groups excluding carboxylic acids is 1. The summed E-state index contributed by atoms with van der Waals surface area (Å²) in [4.78, 5) is 21.3. The molecular formula is C11H12O4. The van der Waals surface area contributed by atoms with Crippen molar-refractivity contribution >= 4 is 12.3 Å². The van der Waals surface area contributed by atoms with Crippen molar-refractivity contribution in [3.8, 4) is 5.75 Å². The third-order valence-electron chi connectivity index (χ3n) is 2.01. The molecule has 0 spiro atoms. The Bertz CT molecular complexity index is 384. The first kappa shape index (κ1) is 11.2. The zero-order valence-corrected chi connectivity index (χ0v) is 8.56. The van der Waals surface area contributed by atoms with Crippen LogP contribution in [0.4, 0.5) is 0 Å². The van der Waals surface area contributed by atoms with E-state index in [1.165, 1.54) is 6.92 Å². The Kier molecular flexibility index (Phi) is 3.44. The van der Waals surface area contributed by atoms with Crippen LogP contribution in [0.15, 0.2) is 18.2 Å². The second kappa shape index (κ2) is 4.59. The Morgan fingerprint density at radius 1 is 1.53 bits per heavy atom. The first-order valence-electron chi connectivity index (χ1n) is 4.50. The molecule has 4 nitrogen and oxygen atoms in total. The first-order valence-corrected chi connectivity index (χ1v) is 4.50. The molecule has 0 aliphatic carbocycles. The molecule has 1 aromatic rings. The number of aryl methyl sites for hydroxylation is 1. The molecule has 0 aliphatic rings. The van der Waals surface area contributed by atoms with Crippen molar-refractivity contribution in [3.05, 3.63) is 29.3 Å². The van der Waals surface area contributed by atoms with Gasteiger partial charge in [-0.05, 0) is 25.5 Å². The molecule has 0 unspecified atom stereocenters. The summed E-state index contributed by atoms with van der Waals surface area (Å²) in [5.41, 5.74) is 1.11. The minimum atomic E-state index is -1.06. The Morgan fingerprint density at radius 3 is 2.73 bits per heavy atom. The van der Waals surface area contributed by atoms with Crippen LogP contribution in [0.5, 0.6) is 5.75 Å². The van der Waals surface area contributed by atoms with Crippen molar-refractivity contribution < 1.29 is 19.4 Å². The van der Waals surface area contributed by atoms with Crippen LogP contribution in [0.1, 0.15) is 22.8 Å². The lowest BCUT2D eigenvalue weighted by Crippen LogP contribution is -2.23. The highest BCUT2D eigenvalue weighted by atomic mass is 16.5. The first-order chi connectivity index (χ1) is 7.06. The molecule has 1 rings (SSSR count). The molecule has 4 heteroatoms.